The standard InChI is InChI=1S/C18H22N8S/c1-3-14-16(24(2)17(20)27)26-8-11(4-5-15(26)23-14)12-6-21-18(22-7-12)25-9-13(19)10-25/h4-8,13H,3,9-10,19H2,1-2H3,(H2,20,27). The minimum Gasteiger partial charge on any atom is -0.338 e. The Labute approximate surface area is 163 Å². The average molecular weight is 382 g/mol. The van der Waals surface area contributed by atoms with Crippen LogP contribution in [-0.4, -0.2) is 50.7 Å². The highest BCUT2D eigenvalue weighted by atomic mass is 32.1. The number of pyridine rings is 1. The van der Waals surface area contributed by atoms with Crippen molar-refractivity contribution < 1.29 is 0 Å². The molecular formula is C18H22N8S. The highest BCUT2D eigenvalue weighted by molar-refractivity contribution is 7.97. The summed E-state index contributed by atoms with van der Waals surface area (Å²) >= 11 is 4.17. The molecule has 0 atom stereocenters. The zero-order valence-corrected chi connectivity index (χ0v) is 16.2. The third kappa shape index (κ3) is 3.13. The zero-order chi connectivity index (χ0) is 19.1. The molecule has 0 bridgehead atoms. The molecule has 140 valence electrons. The van der Waals surface area contributed by atoms with Gasteiger partial charge in [0.2, 0.25) is 5.95 Å². The predicted octanol–water partition coefficient (Wildman–Crippen LogP) is 1.80. The van der Waals surface area contributed by atoms with E-state index in [0.717, 1.165) is 47.8 Å². The fraction of sp³-hybridized carbons (Fsp3) is 0.333. The Balaban J connectivity index is 1.72. The fourth-order valence-corrected chi connectivity index (χ4v) is 3.35. The summed E-state index contributed by atoms with van der Waals surface area (Å²) < 4.78 is 1.99. The van der Waals surface area contributed by atoms with E-state index in [1.807, 2.05) is 42.2 Å². The van der Waals surface area contributed by atoms with Crippen molar-refractivity contribution in [2.45, 2.75) is 19.4 Å². The number of nitrogens with one attached hydrogen (secondary N) is 1. The van der Waals surface area contributed by atoms with Gasteiger partial charge in [0.25, 0.3) is 0 Å². The van der Waals surface area contributed by atoms with Crippen LogP contribution in [0.25, 0.3) is 16.8 Å². The Hall–Kier alpha value is -2.65. The first-order chi connectivity index (χ1) is 13.0. The van der Waals surface area contributed by atoms with Crippen LogP contribution < -0.4 is 15.5 Å². The Morgan fingerprint density at radius 1 is 1.30 bits per heavy atom. The van der Waals surface area contributed by atoms with Crippen molar-refractivity contribution in [2.75, 3.05) is 29.9 Å². The minimum atomic E-state index is 0.164. The van der Waals surface area contributed by atoms with Crippen LogP contribution in [0.1, 0.15) is 12.6 Å². The third-order valence-electron chi connectivity index (χ3n) is 4.80. The van der Waals surface area contributed by atoms with Crippen LogP contribution in [0.5, 0.6) is 0 Å². The monoisotopic (exact) mass is 382 g/mol. The topological polar surface area (TPSA) is 99.4 Å². The first kappa shape index (κ1) is 17.7. The van der Waals surface area contributed by atoms with E-state index < -0.39 is 0 Å². The fourth-order valence-electron chi connectivity index (χ4n) is 3.25. The second-order valence-electron chi connectivity index (χ2n) is 6.70. The first-order valence-corrected chi connectivity index (χ1v) is 9.27. The largest absolute Gasteiger partial charge is 0.338 e. The lowest BCUT2D eigenvalue weighted by molar-refractivity contribution is 0.509. The molecule has 9 heteroatoms. The first-order valence-electron chi connectivity index (χ1n) is 8.83. The molecule has 27 heavy (non-hydrogen) atoms. The molecule has 3 aromatic heterocycles. The highest BCUT2D eigenvalue weighted by Crippen LogP contribution is 2.27. The van der Waals surface area contributed by atoms with Crippen molar-refractivity contribution in [1.29, 1.82) is 5.41 Å². The van der Waals surface area contributed by atoms with Gasteiger partial charge in [0.05, 0.1) is 5.69 Å². The molecule has 0 unspecified atom stereocenters. The SMILES string of the molecule is CCc1nc2ccc(-c3cnc(N4CC(N)C4)nc3)cn2c1N(C)C(=N)S. The molecule has 0 amide bonds. The Bertz CT molecular complexity index is 991. The van der Waals surface area contributed by atoms with Gasteiger partial charge in [-0.3, -0.25) is 9.81 Å². The molecule has 4 heterocycles. The summed E-state index contributed by atoms with van der Waals surface area (Å²) in [6.07, 6.45) is 6.43. The maximum atomic E-state index is 7.86. The molecular weight excluding hydrogens is 360 g/mol. The van der Waals surface area contributed by atoms with Crippen LogP contribution in [0, 0.1) is 5.41 Å². The molecule has 3 N–H and O–H groups in total. The van der Waals surface area contributed by atoms with Crippen LogP contribution in [-0.2, 0) is 6.42 Å². The lowest BCUT2D eigenvalue weighted by Crippen LogP contribution is -2.56. The Morgan fingerprint density at radius 2 is 2.00 bits per heavy atom. The van der Waals surface area contributed by atoms with E-state index in [9.17, 15) is 0 Å². The summed E-state index contributed by atoms with van der Waals surface area (Å²) in [5, 5.41) is 8.02. The number of hydrogen-bond acceptors (Lipinski definition) is 6. The van der Waals surface area contributed by atoms with E-state index in [2.05, 4.69) is 39.4 Å². The number of rotatable bonds is 4. The molecule has 0 aromatic carbocycles. The number of hydrogen-bond donors (Lipinski definition) is 3. The van der Waals surface area contributed by atoms with Gasteiger partial charge in [0.1, 0.15) is 11.5 Å². The molecule has 8 nitrogen and oxygen atoms in total. The molecule has 1 aliphatic heterocycles. The van der Waals surface area contributed by atoms with Gasteiger partial charge in [-0.2, -0.15) is 0 Å². The highest BCUT2D eigenvalue weighted by Gasteiger charge is 2.25. The van der Waals surface area contributed by atoms with Gasteiger partial charge >= 0.3 is 0 Å². The second-order valence-corrected chi connectivity index (χ2v) is 7.12. The van der Waals surface area contributed by atoms with Crippen LogP contribution in [0.15, 0.2) is 30.7 Å². The third-order valence-corrected chi connectivity index (χ3v) is 5.10. The van der Waals surface area contributed by atoms with E-state index in [0.29, 0.717) is 5.95 Å². The van der Waals surface area contributed by atoms with Crippen molar-refractivity contribution in [3.8, 4) is 11.1 Å². The van der Waals surface area contributed by atoms with Gasteiger partial charge in [-0.1, -0.05) is 6.92 Å². The molecule has 0 spiro atoms. The predicted molar refractivity (Wildman–Crippen MR) is 111 cm³/mol. The number of thiol groups is 1. The molecule has 0 saturated carbocycles. The maximum absolute atomic E-state index is 7.86. The van der Waals surface area contributed by atoms with Crippen LogP contribution in [0.3, 0.4) is 0 Å². The minimum absolute atomic E-state index is 0.164. The van der Waals surface area contributed by atoms with Crippen molar-refractivity contribution in [1.82, 2.24) is 19.4 Å². The molecule has 1 fully saturated rings. The van der Waals surface area contributed by atoms with Crippen LogP contribution >= 0.6 is 12.6 Å². The van der Waals surface area contributed by atoms with E-state index in [1.54, 1.807) is 4.90 Å². The van der Waals surface area contributed by atoms with E-state index in [1.165, 1.54) is 0 Å². The van der Waals surface area contributed by atoms with Crippen LogP contribution in [0.4, 0.5) is 11.8 Å². The summed E-state index contributed by atoms with van der Waals surface area (Å²) in [5.74, 6) is 1.56. The van der Waals surface area contributed by atoms with Gasteiger partial charge in [-0.15, -0.1) is 12.6 Å². The summed E-state index contributed by atoms with van der Waals surface area (Å²) in [6, 6.07) is 4.19. The molecule has 3 aromatic rings. The number of imidazole rings is 1. The quantitative estimate of drug-likeness (QED) is 0.361. The maximum Gasteiger partial charge on any atom is 0.225 e. The molecule has 1 aliphatic rings. The Morgan fingerprint density at radius 3 is 2.59 bits per heavy atom. The second kappa shape index (κ2) is 6.82. The molecule has 4 rings (SSSR count). The van der Waals surface area contributed by atoms with Gasteiger partial charge in [0, 0.05) is 55.9 Å². The summed E-state index contributed by atoms with van der Waals surface area (Å²) in [4.78, 5) is 17.4. The van der Waals surface area contributed by atoms with E-state index in [-0.39, 0.29) is 11.2 Å². The number of nitrogens with zero attached hydrogens (tertiary/aromatic N) is 6. The van der Waals surface area contributed by atoms with Crippen molar-refractivity contribution >= 4 is 35.2 Å². The average Bonchev–Trinajstić information content (AvgIpc) is 3.02. The summed E-state index contributed by atoms with van der Waals surface area (Å²) in [5.41, 5.74) is 9.48. The van der Waals surface area contributed by atoms with Crippen molar-refractivity contribution in [3.05, 3.63) is 36.4 Å². The van der Waals surface area contributed by atoms with Gasteiger partial charge in [0.15, 0.2) is 5.17 Å². The number of amidine groups is 1. The number of aryl methyl sites for hydroxylation is 1. The van der Waals surface area contributed by atoms with Crippen molar-refractivity contribution in [2.24, 2.45) is 5.73 Å². The number of aromatic nitrogens is 4. The summed E-state index contributed by atoms with van der Waals surface area (Å²) in [6.45, 7) is 3.65. The zero-order valence-electron chi connectivity index (χ0n) is 15.3. The lowest BCUT2D eigenvalue weighted by atomic mass is 10.1. The number of nitrogens with two attached hydrogens (primary N) is 1. The smallest absolute Gasteiger partial charge is 0.225 e. The number of anilines is 2. The Kier molecular flexibility index (Phi) is 4.48. The number of fused-ring (bicyclic) bond motifs is 1. The van der Waals surface area contributed by atoms with Crippen molar-refractivity contribution in [3.63, 3.8) is 0 Å². The molecule has 1 saturated heterocycles. The van der Waals surface area contributed by atoms with Gasteiger partial charge in [-0.05, 0) is 18.6 Å². The normalized spacial score (nSPS) is 14.4. The van der Waals surface area contributed by atoms with E-state index in [4.69, 9.17) is 11.1 Å². The van der Waals surface area contributed by atoms with E-state index >= 15 is 0 Å². The molecule has 0 aliphatic carbocycles. The molecule has 0 radical (unpaired) electrons. The summed E-state index contributed by atoms with van der Waals surface area (Å²) in [7, 11) is 1.82. The lowest BCUT2D eigenvalue weighted by Gasteiger charge is -2.36. The van der Waals surface area contributed by atoms with Gasteiger partial charge in [-0.25, -0.2) is 15.0 Å². The van der Waals surface area contributed by atoms with Crippen LogP contribution in [0.2, 0.25) is 0 Å². The van der Waals surface area contributed by atoms with Gasteiger partial charge < -0.3 is 15.5 Å².